The van der Waals surface area contributed by atoms with Crippen molar-refractivity contribution in [2.24, 2.45) is 11.7 Å². The summed E-state index contributed by atoms with van der Waals surface area (Å²) >= 11 is 0. The van der Waals surface area contributed by atoms with Gasteiger partial charge in [-0.05, 0) is 25.7 Å². The summed E-state index contributed by atoms with van der Waals surface area (Å²) in [4.78, 5) is 13.5. The maximum Gasteiger partial charge on any atom is 0.224 e. The average Bonchev–Trinajstić information content (AvgIpc) is 2.04. The smallest absolute Gasteiger partial charge is 0.224 e. The maximum atomic E-state index is 11.6. The van der Waals surface area contributed by atoms with E-state index >= 15 is 0 Å². The molecule has 76 valence electrons. The van der Waals surface area contributed by atoms with Gasteiger partial charge in [0.05, 0.1) is 0 Å². The van der Waals surface area contributed by atoms with E-state index in [4.69, 9.17) is 5.73 Å². The largest absolute Gasteiger partial charge is 0.343 e. The molecule has 1 unspecified atom stereocenters. The third-order valence-electron chi connectivity index (χ3n) is 2.63. The molecule has 1 amide bonds. The summed E-state index contributed by atoms with van der Waals surface area (Å²) in [5.41, 5.74) is 5.58. The first kappa shape index (κ1) is 10.5. The van der Waals surface area contributed by atoms with Gasteiger partial charge in [0, 0.05) is 25.6 Å². The lowest BCUT2D eigenvalue weighted by Crippen LogP contribution is -2.40. The van der Waals surface area contributed by atoms with Crippen LogP contribution in [0.5, 0.6) is 0 Å². The van der Waals surface area contributed by atoms with Crippen molar-refractivity contribution < 1.29 is 4.79 Å². The number of nitrogens with zero attached hydrogens (tertiary/aromatic N) is 1. The normalized spacial score (nSPS) is 21.6. The van der Waals surface area contributed by atoms with E-state index in [2.05, 4.69) is 6.92 Å². The SMILES string of the molecule is CC(N)CC(=O)N1CCC(C)CC1. The maximum absolute atomic E-state index is 11.6. The molecule has 2 N–H and O–H groups in total. The number of nitrogens with two attached hydrogens (primary N) is 1. The van der Waals surface area contributed by atoms with Crippen LogP contribution < -0.4 is 5.73 Å². The minimum atomic E-state index is -0.00755. The van der Waals surface area contributed by atoms with E-state index in [1.807, 2.05) is 11.8 Å². The van der Waals surface area contributed by atoms with Crippen LogP contribution in [-0.2, 0) is 4.79 Å². The van der Waals surface area contributed by atoms with E-state index < -0.39 is 0 Å². The van der Waals surface area contributed by atoms with Gasteiger partial charge in [0.15, 0.2) is 0 Å². The molecule has 1 rings (SSSR count). The number of piperidine rings is 1. The predicted molar refractivity (Wildman–Crippen MR) is 53.2 cm³/mol. The van der Waals surface area contributed by atoms with Crippen LogP contribution in [0.3, 0.4) is 0 Å². The van der Waals surface area contributed by atoms with E-state index in [0.717, 1.165) is 31.8 Å². The number of hydrogen-bond donors (Lipinski definition) is 1. The molecule has 0 aromatic heterocycles. The summed E-state index contributed by atoms with van der Waals surface area (Å²) in [5.74, 6) is 1.00. The standard InChI is InChI=1S/C10H20N2O/c1-8-3-5-12(6-4-8)10(13)7-9(2)11/h8-9H,3-7,11H2,1-2H3. The average molecular weight is 184 g/mol. The van der Waals surface area contributed by atoms with Crippen molar-refractivity contribution in [1.29, 1.82) is 0 Å². The van der Waals surface area contributed by atoms with Gasteiger partial charge >= 0.3 is 0 Å². The van der Waals surface area contributed by atoms with E-state index in [1.54, 1.807) is 0 Å². The van der Waals surface area contributed by atoms with E-state index in [-0.39, 0.29) is 11.9 Å². The van der Waals surface area contributed by atoms with Gasteiger partial charge in [-0.15, -0.1) is 0 Å². The molecular weight excluding hydrogens is 164 g/mol. The number of rotatable bonds is 2. The molecule has 13 heavy (non-hydrogen) atoms. The molecule has 0 bridgehead atoms. The second-order valence-corrected chi connectivity index (χ2v) is 4.24. The zero-order valence-corrected chi connectivity index (χ0v) is 8.62. The van der Waals surface area contributed by atoms with Crippen molar-refractivity contribution in [2.75, 3.05) is 13.1 Å². The van der Waals surface area contributed by atoms with Crippen LogP contribution in [0, 0.1) is 5.92 Å². The zero-order valence-electron chi connectivity index (χ0n) is 8.62. The molecule has 0 saturated carbocycles. The van der Waals surface area contributed by atoms with Gasteiger partial charge < -0.3 is 10.6 Å². The van der Waals surface area contributed by atoms with Crippen LogP contribution in [0.4, 0.5) is 0 Å². The Bertz CT molecular complexity index is 172. The van der Waals surface area contributed by atoms with Crippen molar-refractivity contribution in [3.63, 3.8) is 0 Å². The molecule has 0 radical (unpaired) electrons. The van der Waals surface area contributed by atoms with Crippen LogP contribution in [0.15, 0.2) is 0 Å². The van der Waals surface area contributed by atoms with Crippen molar-refractivity contribution in [2.45, 2.75) is 39.2 Å². The number of hydrogen-bond acceptors (Lipinski definition) is 2. The quantitative estimate of drug-likeness (QED) is 0.695. The Morgan fingerprint density at radius 2 is 2.08 bits per heavy atom. The molecule has 1 saturated heterocycles. The first-order chi connectivity index (χ1) is 6.09. The molecule has 3 heteroatoms. The van der Waals surface area contributed by atoms with Crippen LogP contribution in [0.25, 0.3) is 0 Å². The molecule has 1 atom stereocenters. The Balaban J connectivity index is 2.31. The van der Waals surface area contributed by atoms with Crippen molar-refractivity contribution in [3.8, 4) is 0 Å². The number of amides is 1. The van der Waals surface area contributed by atoms with E-state index in [0.29, 0.717) is 6.42 Å². The van der Waals surface area contributed by atoms with E-state index in [9.17, 15) is 4.79 Å². The minimum Gasteiger partial charge on any atom is -0.343 e. The highest BCUT2D eigenvalue weighted by Crippen LogP contribution is 2.16. The molecule has 1 heterocycles. The molecule has 0 aromatic carbocycles. The van der Waals surface area contributed by atoms with E-state index in [1.165, 1.54) is 0 Å². The van der Waals surface area contributed by atoms with Gasteiger partial charge in [0.2, 0.25) is 5.91 Å². The van der Waals surface area contributed by atoms with Crippen LogP contribution >= 0.6 is 0 Å². The van der Waals surface area contributed by atoms with Crippen LogP contribution in [0.1, 0.15) is 33.1 Å². The zero-order chi connectivity index (χ0) is 9.84. The highest BCUT2D eigenvalue weighted by atomic mass is 16.2. The molecular formula is C10H20N2O. The van der Waals surface area contributed by atoms with Crippen LogP contribution in [-0.4, -0.2) is 29.9 Å². The fourth-order valence-electron chi connectivity index (χ4n) is 1.66. The second kappa shape index (κ2) is 4.61. The summed E-state index contributed by atoms with van der Waals surface area (Å²) in [6, 6.07) is -0.00755. The van der Waals surface area contributed by atoms with Gasteiger partial charge in [-0.1, -0.05) is 6.92 Å². The highest BCUT2D eigenvalue weighted by Gasteiger charge is 2.20. The fourth-order valence-corrected chi connectivity index (χ4v) is 1.66. The lowest BCUT2D eigenvalue weighted by Gasteiger charge is -2.30. The third kappa shape index (κ3) is 3.35. The Hall–Kier alpha value is -0.570. The monoisotopic (exact) mass is 184 g/mol. The Morgan fingerprint density at radius 1 is 1.54 bits per heavy atom. The first-order valence-corrected chi connectivity index (χ1v) is 5.13. The lowest BCUT2D eigenvalue weighted by atomic mass is 9.99. The van der Waals surface area contributed by atoms with Gasteiger partial charge in [0.25, 0.3) is 0 Å². The Morgan fingerprint density at radius 3 is 2.54 bits per heavy atom. The number of carbonyl (C=O) groups is 1. The third-order valence-corrected chi connectivity index (χ3v) is 2.63. The summed E-state index contributed by atoms with van der Waals surface area (Å²) < 4.78 is 0. The van der Waals surface area contributed by atoms with Gasteiger partial charge in [-0.2, -0.15) is 0 Å². The Kier molecular flexibility index (Phi) is 3.72. The number of likely N-dealkylation sites (tertiary alicyclic amines) is 1. The van der Waals surface area contributed by atoms with Crippen molar-refractivity contribution in [3.05, 3.63) is 0 Å². The molecule has 0 aliphatic carbocycles. The van der Waals surface area contributed by atoms with Gasteiger partial charge in [0.1, 0.15) is 0 Å². The summed E-state index contributed by atoms with van der Waals surface area (Å²) in [7, 11) is 0. The summed E-state index contributed by atoms with van der Waals surface area (Å²) in [6.07, 6.45) is 2.78. The van der Waals surface area contributed by atoms with Gasteiger partial charge in [-0.3, -0.25) is 4.79 Å². The topological polar surface area (TPSA) is 46.3 Å². The first-order valence-electron chi connectivity index (χ1n) is 5.13. The number of carbonyl (C=O) groups excluding carboxylic acids is 1. The second-order valence-electron chi connectivity index (χ2n) is 4.24. The van der Waals surface area contributed by atoms with Crippen LogP contribution in [0.2, 0.25) is 0 Å². The van der Waals surface area contributed by atoms with Crippen molar-refractivity contribution >= 4 is 5.91 Å². The molecule has 0 spiro atoms. The fraction of sp³-hybridized carbons (Fsp3) is 0.900. The lowest BCUT2D eigenvalue weighted by molar-refractivity contribution is -0.132. The van der Waals surface area contributed by atoms with Crippen molar-refractivity contribution in [1.82, 2.24) is 4.90 Å². The van der Waals surface area contributed by atoms with Gasteiger partial charge in [-0.25, -0.2) is 0 Å². The molecule has 1 aliphatic rings. The molecule has 1 aliphatic heterocycles. The summed E-state index contributed by atoms with van der Waals surface area (Å²) in [6.45, 7) is 5.97. The Labute approximate surface area is 80.3 Å². The molecule has 1 fully saturated rings. The summed E-state index contributed by atoms with van der Waals surface area (Å²) in [5, 5.41) is 0. The highest BCUT2D eigenvalue weighted by molar-refractivity contribution is 5.76. The predicted octanol–water partition coefficient (Wildman–Crippen LogP) is 0.982. The molecule has 3 nitrogen and oxygen atoms in total. The molecule has 0 aromatic rings. The minimum absolute atomic E-state index is 0.00755.